The van der Waals surface area contributed by atoms with Gasteiger partial charge in [0.05, 0.1) is 6.54 Å². The number of amides is 1. The van der Waals surface area contributed by atoms with Crippen LogP contribution in [0.15, 0.2) is 48.5 Å². The fourth-order valence-electron chi connectivity index (χ4n) is 2.60. The van der Waals surface area contributed by atoms with Gasteiger partial charge in [0.25, 0.3) is 0 Å². The Balaban J connectivity index is 1.63. The number of carbonyl (C=O) groups is 1. The van der Waals surface area contributed by atoms with Crippen molar-refractivity contribution in [3.63, 3.8) is 0 Å². The summed E-state index contributed by atoms with van der Waals surface area (Å²) in [6.45, 7) is 7.51. The topological polar surface area (TPSA) is 38.3 Å². The van der Waals surface area contributed by atoms with Gasteiger partial charge in [-0.05, 0) is 47.6 Å². The minimum absolute atomic E-state index is 0.0675. The maximum atomic E-state index is 11.9. The number of carbonyl (C=O) groups excluding carboxylic acids is 1. The van der Waals surface area contributed by atoms with Gasteiger partial charge >= 0.3 is 0 Å². The molecule has 3 heteroatoms. The van der Waals surface area contributed by atoms with E-state index in [-0.39, 0.29) is 5.91 Å². The van der Waals surface area contributed by atoms with Crippen LogP contribution >= 0.6 is 0 Å². The van der Waals surface area contributed by atoms with Crippen LogP contribution in [0.2, 0.25) is 0 Å². The molecule has 1 N–H and O–H groups in total. The van der Waals surface area contributed by atoms with Crippen molar-refractivity contribution in [2.24, 2.45) is 0 Å². The van der Waals surface area contributed by atoms with Gasteiger partial charge in [-0.2, -0.15) is 0 Å². The smallest absolute Gasteiger partial charge is 0.220 e. The Morgan fingerprint density at radius 2 is 1.64 bits per heavy atom. The molecule has 0 aliphatic heterocycles. The van der Waals surface area contributed by atoms with Crippen molar-refractivity contribution in [3.8, 4) is 5.75 Å². The van der Waals surface area contributed by atoms with E-state index in [1.807, 2.05) is 12.1 Å². The number of hydrogen-bond donors (Lipinski definition) is 1. The number of aryl methyl sites for hydroxylation is 2. The first kappa shape index (κ1) is 19.0. The van der Waals surface area contributed by atoms with E-state index in [0.29, 0.717) is 25.5 Å². The van der Waals surface area contributed by atoms with Crippen LogP contribution in [0.4, 0.5) is 0 Å². The molecular formula is C22H29NO2. The van der Waals surface area contributed by atoms with Crippen molar-refractivity contribution in [1.82, 2.24) is 5.32 Å². The Bertz CT molecular complexity index is 645. The molecule has 0 heterocycles. The lowest BCUT2D eigenvalue weighted by Gasteiger charge is -2.09. The van der Waals surface area contributed by atoms with Gasteiger partial charge in [0.1, 0.15) is 12.4 Å². The third kappa shape index (κ3) is 6.61. The zero-order valence-electron chi connectivity index (χ0n) is 15.5. The second kappa shape index (κ2) is 9.87. The molecule has 0 spiro atoms. The molecule has 0 unspecified atom stereocenters. The first-order valence-corrected chi connectivity index (χ1v) is 9.15. The summed E-state index contributed by atoms with van der Waals surface area (Å²) in [6.07, 6.45) is 2.30. The highest BCUT2D eigenvalue weighted by molar-refractivity contribution is 5.76. The van der Waals surface area contributed by atoms with Crippen molar-refractivity contribution >= 4 is 5.91 Å². The summed E-state index contributed by atoms with van der Waals surface area (Å²) in [5.74, 6) is 1.45. The Morgan fingerprint density at radius 1 is 1.00 bits per heavy atom. The summed E-state index contributed by atoms with van der Waals surface area (Å²) in [5, 5.41) is 2.91. The van der Waals surface area contributed by atoms with E-state index in [4.69, 9.17) is 4.74 Å². The monoisotopic (exact) mass is 339 g/mol. The number of nitrogens with one attached hydrogen (secondary N) is 1. The summed E-state index contributed by atoms with van der Waals surface area (Å²) >= 11 is 0. The van der Waals surface area contributed by atoms with Crippen LogP contribution in [0.1, 0.15) is 49.8 Å². The lowest BCUT2D eigenvalue weighted by Crippen LogP contribution is -2.28. The van der Waals surface area contributed by atoms with Gasteiger partial charge in [-0.25, -0.2) is 0 Å². The maximum Gasteiger partial charge on any atom is 0.220 e. The van der Waals surface area contributed by atoms with Crippen LogP contribution in [-0.4, -0.2) is 19.1 Å². The number of ether oxygens (including phenoxy) is 1. The molecule has 0 atom stereocenters. The molecule has 1 amide bonds. The molecular weight excluding hydrogens is 310 g/mol. The standard InChI is InChI=1S/C22H29NO2/c1-4-18-7-12-21(13-8-18)25-16-15-23-22(24)14-9-19-5-10-20(11-6-19)17(2)3/h5-8,10-13,17H,4,9,14-16H2,1-3H3,(H,23,24). The Hall–Kier alpha value is -2.29. The zero-order chi connectivity index (χ0) is 18.1. The highest BCUT2D eigenvalue weighted by Crippen LogP contribution is 2.15. The molecule has 25 heavy (non-hydrogen) atoms. The van der Waals surface area contributed by atoms with Gasteiger partial charge in [-0.15, -0.1) is 0 Å². The third-order valence-electron chi connectivity index (χ3n) is 4.31. The summed E-state index contributed by atoms with van der Waals surface area (Å²) in [5.41, 5.74) is 3.83. The average Bonchev–Trinajstić information content (AvgIpc) is 2.64. The molecule has 2 rings (SSSR count). The molecule has 0 aliphatic carbocycles. The van der Waals surface area contributed by atoms with Crippen LogP contribution < -0.4 is 10.1 Å². The minimum atomic E-state index is 0.0675. The van der Waals surface area contributed by atoms with Gasteiger partial charge < -0.3 is 10.1 Å². The van der Waals surface area contributed by atoms with Crippen molar-refractivity contribution in [3.05, 3.63) is 65.2 Å². The predicted molar refractivity (Wildman–Crippen MR) is 103 cm³/mol. The second-order valence-electron chi connectivity index (χ2n) is 6.59. The maximum absolute atomic E-state index is 11.9. The summed E-state index contributed by atoms with van der Waals surface area (Å²) < 4.78 is 5.64. The molecule has 0 radical (unpaired) electrons. The molecule has 0 bridgehead atoms. The van der Waals surface area contributed by atoms with E-state index < -0.39 is 0 Å². The quantitative estimate of drug-likeness (QED) is 0.683. The fourth-order valence-corrected chi connectivity index (χ4v) is 2.60. The Labute approximate surface area is 151 Å². The van der Waals surface area contributed by atoms with Crippen LogP contribution in [0.5, 0.6) is 5.75 Å². The van der Waals surface area contributed by atoms with Crippen LogP contribution in [-0.2, 0) is 17.6 Å². The second-order valence-corrected chi connectivity index (χ2v) is 6.59. The molecule has 0 fully saturated rings. The molecule has 0 aromatic heterocycles. The molecule has 134 valence electrons. The summed E-state index contributed by atoms with van der Waals surface area (Å²) in [7, 11) is 0. The van der Waals surface area contributed by atoms with Gasteiger partial charge in [-0.1, -0.05) is 57.2 Å². The van der Waals surface area contributed by atoms with Crippen molar-refractivity contribution < 1.29 is 9.53 Å². The highest BCUT2D eigenvalue weighted by Gasteiger charge is 2.03. The van der Waals surface area contributed by atoms with Crippen molar-refractivity contribution in [2.45, 2.75) is 46.0 Å². The largest absolute Gasteiger partial charge is 0.492 e. The average molecular weight is 339 g/mol. The number of hydrogen-bond acceptors (Lipinski definition) is 2. The molecule has 0 aliphatic rings. The third-order valence-corrected chi connectivity index (χ3v) is 4.31. The van der Waals surface area contributed by atoms with Gasteiger partial charge in [0.2, 0.25) is 5.91 Å². The van der Waals surface area contributed by atoms with Crippen molar-refractivity contribution in [2.75, 3.05) is 13.2 Å². The van der Waals surface area contributed by atoms with Gasteiger partial charge in [0.15, 0.2) is 0 Å². The van der Waals surface area contributed by atoms with Gasteiger partial charge in [0, 0.05) is 6.42 Å². The number of rotatable bonds is 9. The first-order valence-electron chi connectivity index (χ1n) is 9.15. The SMILES string of the molecule is CCc1ccc(OCCNC(=O)CCc2ccc(C(C)C)cc2)cc1. The fraction of sp³-hybridized carbons (Fsp3) is 0.409. The van der Waals surface area contributed by atoms with E-state index in [9.17, 15) is 4.79 Å². The van der Waals surface area contributed by atoms with E-state index in [1.54, 1.807) is 0 Å². The van der Waals surface area contributed by atoms with E-state index in [0.717, 1.165) is 18.6 Å². The van der Waals surface area contributed by atoms with E-state index >= 15 is 0 Å². The molecule has 2 aromatic carbocycles. The van der Waals surface area contributed by atoms with Crippen LogP contribution in [0.25, 0.3) is 0 Å². The summed E-state index contributed by atoms with van der Waals surface area (Å²) in [4.78, 5) is 11.9. The molecule has 3 nitrogen and oxygen atoms in total. The minimum Gasteiger partial charge on any atom is -0.492 e. The van der Waals surface area contributed by atoms with Crippen LogP contribution in [0, 0.1) is 0 Å². The normalized spacial score (nSPS) is 10.7. The lowest BCUT2D eigenvalue weighted by molar-refractivity contribution is -0.121. The van der Waals surface area contributed by atoms with Crippen LogP contribution in [0.3, 0.4) is 0 Å². The lowest BCUT2D eigenvalue weighted by atomic mass is 10.0. The molecule has 0 saturated carbocycles. The predicted octanol–water partition coefficient (Wildman–Crippen LogP) is 4.50. The molecule has 0 saturated heterocycles. The molecule has 2 aromatic rings. The Kier molecular flexibility index (Phi) is 7.52. The van der Waals surface area contributed by atoms with Gasteiger partial charge in [-0.3, -0.25) is 4.79 Å². The number of benzene rings is 2. The van der Waals surface area contributed by atoms with Crippen molar-refractivity contribution in [1.29, 1.82) is 0 Å². The first-order chi connectivity index (χ1) is 12.1. The summed E-state index contributed by atoms with van der Waals surface area (Å²) in [6, 6.07) is 16.6. The zero-order valence-corrected chi connectivity index (χ0v) is 15.5. The van der Waals surface area contributed by atoms with E-state index in [1.165, 1.54) is 16.7 Å². The van der Waals surface area contributed by atoms with E-state index in [2.05, 4.69) is 62.5 Å². The highest BCUT2D eigenvalue weighted by atomic mass is 16.5. The Morgan fingerprint density at radius 3 is 2.24 bits per heavy atom.